The number of esters is 1. The van der Waals surface area contributed by atoms with E-state index < -0.39 is 11.6 Å². The summed E-state index contributed by atoms with van der Waals surface area (Å²) in [6.07, 6.45) is 4.21. The van der Waals surface area contributed by atoms with Crippen molar-refractivity contribution in [1.29, 1.82) is 0 Å². The topological polar surface area (TPSA) is 89.1 Å². The predicted molar refractivity (Wildman–Crippen MR) is 113 cm³/mol. The van der Waals surface area contributed by atoms with E-state index in [4.69, 9.17) is 9.15 Å². The maximum Gasteiger partial charge on any atom is 0.346 e. The molecule has 0 fully saturated rings. The zero-order valence-electron chi connectivity index (χ0n) is 16.2. The van der Waals surface area contributed by atoms with Gasteiger partial charge in [-0.15, -0.1) is 11.3 Å². The Bertz CT molecular complexity index is 1170. The number of thiophene rings is 1. The summed E-state index contributed by atoms with van der Waals surface area (Å²) in [7, 11) is 0. The Morgan fingerprint density at radius 2 is 2.14 bits per heavy atom. The van der Waals surface area contributed by atoms with Gasteiger partial charge in [0.15, 0.2) is 0 Å². The van der Waals surface area contributed by atoms with Crippen LogP contribution in [0.5, 0.6) is 5.95 Å². The van der Waals surface area contributed by atoms with Gasteiger partial charge >= 0.3 is 11.6 Å². The second-order valence-electron chi connectivity index (χ2n) is 7.16. The number of rotatable bonds is 4. The summed E-state index contributed by atoms with van der Waals surface area (Å²) in [6, 6.07) is 6.85. The summed E-state index contributed by atoms with van der Waals surface area (Å²) in [6.45, 7) is 4.27. The van der Waals surface area contributed by atoms with E-state index in [1.54, 1.807) is 31.2 Å². The lowest BCUT2D eigenvalue weighted by Gasteiger charge is -2.18. The number of fused-ring (bicyclic) bond motifs is 2. The summed E-state index contributed by atoms with van der Waals surface area (Å²) < 4.78 is 10.2. The fourth-order valence-corrected chi connectivity index (χ4v) is 5.04. The van der Waals surface area contributed by atoms with Gasteiger partial charge in [0.25, 0.3) is 5.95 Å². The number of ether oxygens (including phenoxy) is 1. The average molecular weight is 411 g/mol. The fourth-order valence-electron chi connectivity index (χ4n) is 3.70. The molecule has 0 amide bonds. The molecule has 6 nitrogen and oxygen atoms in total. The molecule has 150 valence electrons. The van der Waals surface area contributed by atoms with Crippen LogP contribution in [-0.4, -0.2) is 23.9 Å². The first-order valence-corrected chi connectivity index (χ1v) is 10.4. The number of hydrogen-bond acceptors (Lipinski definition) is 7. The van der Waals surface area contributed by atoms with E-state index in [1.807, 2.05) is 0 Å². The molecule has 1 aliphatic rings. The van der Waals surface area contributed by atoms with E-state index >= 15 is 0 Å². The van der Waals surface area contributed by atoms with Crippen molar-refractivity contribution in [2.24, 2.45) is 10.9 Å². The van der Waals surface area contributed by atoms with Gasteiger partial charge in [-0.25, -0.2) is 14.6 Å². The second-order valence-corrected chi connectivity index (χ2v) is 8.25. The van der Waals surface area contributed by atoms with E-state index in [2.05, 4.69) is 11.9 Å². The minimum Gasteiger partial charge on any atom is -0.480 e. The number of aromatic hydroxyl groups is 1. The van der Waals surface area contributed by atoms with Crippen molar-refractivity contribution in [2.75, 3.05) is 6.61 Å². The molecule has 0 saturated heterocycles. The number of carbonyl (C=O) groups excluding carboxylic acids is 1. The van der Waals surface area contributed by atoms with Crippen LogP contribution in [0.1, 0.15) is 46.6 Å². The molecule has 0 aliphatic heterocycles. The number of nitrogens with zero attached hydrogens (tertiary/aromatic N) is 1. The molecule has 1 aliphatic carbocycles. The van der Waals surface area contributed by atoms with Crippen LogP contribution in [0, 0.1) is 5.92 Å². The molecule has 0 spiro atoms. The van der Waals surface area contributed by atoms with Crippen LogP contribution in [0.25, 0.3) is 10.8 Å². The zero-order chi connectivity index (χ0) is 20.5. The lowest BCUT2D eigenvalue weighted by atomic mass is 9.88. The lowest BCUT2D eigenvalue weighted by molar-refractivity contribution is 0.0526. The van der Waals surface area contributed by atoms with Gasteiger partial charge in [0, 0.05) is 16.5 Å². The summed E-state index contributed by atoms with van der Waals surface area (Å²) in [4.78, 5) is 30.3. The Kier molecular flexibility index (Phi) is 5.24. The molecule has 29 heavy (non-hydrogen) atoms. The lowest BCUT2D eigenvalue weighted by Crippen LogP contribution is -2.13. The first kappa shape index (κ1) is 19.4. The van der Waals surface area contributed by atoms with Crippen LogP contribution in [0.4, 0.5) is 5.00 Å². The van der Waals surface area contributed by atoms with E-state index in [0.717, 1.165) is 29.7 Å². The van der Waals surface area contributed by atoms with Crippen molar-refractivity contribution in [3.63, 3.8) is 0 Å². The molecule has 4 rings (SSSR count). The second kappa shape index (κ2) is 7.83. The van der Waals surface area contributed by atoms with Gasteiger partial charge in [-0.2, -0.15) is 0 Å². The van der Waals surface area contributed by atoms with Crippen LogP contribution in [0.3, 0.4) is 0 Å². The maximum absolute atomic E-state index is 12.6. The number of hydrogen-bond donors (Lipinski definition) is 1. The van der Waals surface area contributed by atoms with E-state index in [-0.39, 0.29) is 12.6 Å². The third-order valence-electron chi connectivity index (χ3n) is 5.14. The van der Waals surface area contributed by atoms with Gasteiger partial charge in [-0.05, 0) is 43.7 Å². The summed E-state index contributed by atoms with van der Waals surface area (Å²) in [5, 5.41) is 11.6. The van der Waals surface area contributed by atoms with E-state index in [1.165, 1.54) is 17.6 Å². The highest BCUT2D eigenvalue weighted by atomic mass is 32.1. The van der Waals surface area contributed by atoms with Crippen LogP contribution in [0.2, 0.25) is 0 Å². The Balaban J connectivity index is 1.83. The van der Waals surface area contributed by atoms with Crippen LogP contribution in [0.15, 0.2) is 38.5 Å². The molecule has 2 heterocycles. The van der Waals surface area contributed by atoms with E-state index in [0.29, 0.717) is 32.8 Å². The first-order valence-electron chi connectivity index (χ1n) is 9.60. The Hall–Kier alpha value is -2.93. The third-order valence-corrected chi connectivity index (χ3v) is 6.30. The number of aliphatic imine (C=N–C) groups is 1. The molecule has 1 N–H and O–H groups in total. The van der Waals surface area contributed by atoms with Crippen molar-refractivity contribution in [2.45, 2.75) is 33.1 Å². The molecule has 0 radical (unpaired) electrons. The molecule has 0 saturated carbocycles. The molecule has 2 aromatic heterocycles. The highest BCUT2D eigenvalue weighted by Gasteiger charge is 2.28. The van der Waals surface area contributed by atoms with Crippen molar-refractivity contribution >= 4 is 39.3 Å². The highest BCUT2D eigenvalue weighted by Crippen LogP contribution is 2.41. The monoisotopic (exact) mass is 411 g/mol. The third kappa shape index (κ3) is 3.58. The molecule has 7 heteroatoms. The molecule has 1 unspecified atom stereocenters. The van der Waals surface area contributed by atoms with Gasteiger partial charge in [0.05, 0.1) is 23.1 Å². The Morgan fingerprint density at radius 3 is 2.90 bits per heavy atom. The number of benzene rings is 1. The van der Waals surface area contributed by atoms with Gasteiger partial charge in [0.2, 0.25) is 0 Å². The Morgan fingerprint density at radius 1 is 1.38 bits per heavy atom. The number of carbonyl (C=O) groups is 1. The SMILES string of the molecule is CCOC(=O)c1c(/N=C/c2c(O)oc(=O)c3ccccc23)sc2c1CCC(C)C2. The van der Waals surface area contributed by atoms with Gasteiger partial charge < -0.3 is 14.3 Å². The first-order chi connectivity index (χ1) is 14.0. The molecular formula is C22H21NO5S. The van der Waals surface area contributed by atoms with Crippen molar-refractivity contribution < 1.29 is 19.1 Å². The van der Waals surface area contributed by atoms with Crippen molar-refractivity contribution in [3.05, 3.63) is 56.3 Å². The smallest absolute Gasteiger partial charge is 0.346 e. The minimum atomic E-state index is -0.608. The summed E-state index contributed by atoms with van der Waals surface area (Å²) in [5.74, 6) is -0.310. The fraction of sp³-hybridized carbons (Fsp3) is 0.318. The van der Waals surface area contributed by atoms with E-state index in [9.17, 15) is 14.7 Å². The van der Waals surface area contributed by atoms with Crippen molar-refractivity contribution in [3.8, 4) is 5.95 Å². The summed E-state index contributed by atoms with van der Waals surface area (Å²) in [5.41, 5.74) is 1.22. The van der Waals surface area contributed by atoms with Crippen LogP contribution in [-0.2, 0) is 17.6 Å². The average Bonchev–Trinajstić information content (AvgIpc) is 3.05. The zero-order valence-corrected chi connectivity index (χ0v) is 17.0. The molecular weight excluding hydrogens is 390 g/mol. The maximum atomic E-state index is 12.6. The van der Waals surface area contributed by atoms with Crippen LogP contribution >= 0.6 is 11.3 Å². The van der Waals surface area contributed by atoms with Crippen LogP contribution < -0.4 is 5.63 Å². The standard InChI is InChI=1S/C22H21NO5S/c1-3-27-22(26)18-15-9-8-12(2)10-17(15)29-19(18)23-11-16-13-6-4-5-7-14(13)20(24)28-21(16)25/h4-7,11-12,25H,3,8-10H2,1-2H3/b23-11+. The quantitative estimate of drug-likeness (QED) is 0.500. The van der Waals surface area contributed by atoms with Gasteiger partial charge in [-0.1, -0.05) is 25.1 Å². The van der Waals surface area contributed by atoms with Gasteiger partial charge in [0.1, 0.15) is 5.00 Å². The molecule has 1 atom stereocenters. The Labute approximate surface area is 171 Å². The highest BCUT2D eigenvalue weighted by molar-refractivity contribution is 7.16. The largest absolute Gasteiger partial charge is 0.480 e. The summed E-state index contributed by atoms with van der Waals surface area (Å²) >= 11 is 1.48. The molecule has 0 bridgehead atoms. The minimum absolute atomic E-state index is 0.290. The van der Waals surface area contributed by atoms with Crippen molar-refractivity contribution in [1.82, 2.24) is 0 Å². The normalized spacial score (nSPS) is 16.3. The predicted octanol–water partition coefficient (Wildman–Crippen LogP) is 4.61. The molecule has 1 aromatic carbocycles. The van der Waals surface area contributed by atoms with Gasteiger partial charge in [-0.3, -0.25) is 0 Å². The molecule has 3 aromatic rings.